The van der Waals surface area contributed by atoms with E-state index in [0.717, 1.165) is 0 Å². The molecule has 1 rings (SSSR count). The molecule has 1 fully saturated rings. The summed E-state index contributed by atoms with van der Waals surface area (Å²) in [6.45, 7) is 10.0. The van der Waals surface area contributed by atoms with Gasteiger partial charge in [0, 0.05) is 26.2 Å². The number of nitrogens with zero attached hydrogens (tertiary/aromatic N) is 2. The zero-order valence-electron chi connectivity index (χ0n) is 11.7. The van der Waals surface area contributed by atoms with E-state index >= 15 is 0 Å². The van der Waals surface area contributed by atoms with Crippen molar-refractivity contribution in [3.8, 4) is 0 Å². The number of ether oxygens (including phenoxy) is 1. The SMILES string of the molecule is C=CCN(CC=C)C(=O)CN1CCOC(CC(=O)O)C1. The normalized spacial score (nSPS) is 19.3. The first kappa shape index (κ1) is 16.4. The number of rotatable bonds is 8. The molecule has 1 saturated heterocycles. The van der Waals surface area contributed by atoms with Crippen molar-refractivity contribution in [3.05, 3.63) is 25.3 Å². The molecule has 0 aromatic rings. The lowest BCUT2D eigenvalue weighted by Crippen LogP contribution is -2.48. The number of carboxylic acid groups (broad SMARTS) is 1. The highest BCUT2D eigenvalue weighted by Crippen LogP contribution is 2.09. The quantitative estimate of drug-likeness (QED) is 0.651. The van der Waals surface area contributed by atoms with Crippen molar-refractivity contribution >= 4 is 11.9 Å². The summed E-state index contributed by atoms with van der Waals surface area (Å²) in [5, 5.41) is 8.77. The highest BCUT2D eigenvalue weighted by atomic mass is 16.5. The molecule has 6 heteroatoms. The molecule has 1 atom stereocenters. The summed E-state index contributed by atoms with van der Waals surface area (Å²) < 4.78 is 5.38. The minimum atomic E-state index is -0.886. The fourth-order valence-electron chi connectivity index (χ4n) is 2.12. The Balaban J connectivity index is 2.48. The first-order valence-electron chi connectivity index (χ1n) is 6.62. The molecule has 0 saturated carbocycles. The number of hydrogen-bond donors (Lipinski definition) is 1. The Bertz CT molecular complexity index is 360. The van der Waals surface area contributed by atoms with Crippen molar-refractivity contribution in [1.29, 1.82) is 0 Å². The smallest absolute Gasteiger partial charge is 0.306 e. The third kappa shape index (κ3) is 5.54. The highest BCUT2D eigenvalue weighted by molar-refractivity contribution is 5.78. The van der Waals surface area contributed by atoms with E-state index in [4.69, 9.17) is 9.84 Å². The zero-order valence-corrected chi connectivity index (χ0v) is 11.7. The molecule has 1 N–H and O–H groups in total. The van der Waals surface area contributed by atoms with Crippen LogP contribution >= 0.6 is 0 Å². The Kier molecular flexibility index (Phi) is 6.97. The molecule has 6 nitrogen and oxygen atoms in total. The van der Waals surface area contributed by atoms with Gasteiger partial charge in [0.25, 0.3) is 0 Å². The molecular formula is C14H22N2O4. The topological polar surface area (TPSA) is 70.1 Å². The lowest BCUT2D eigenvalue weighted by molar-refractivity contribution is -0.142. The maximum absolute atomic E-state index is 12.2. The van der Waals surface area contributed by atoms with Gasteiger partial charge in [0.15, 0.2) is 0 Å². The molecule has 0 aliphatic carbocycles. The van der Waals surface area contributed by atoms with Crippen LogP contribution in [0, 0.1) is 0 Å². The van der Waals surface area contributed by atoms with E-state index in [1.807, 2.05) is 4.90 Å². The molecule has 0 spiro atoms. The van der Waals surface area contributed by atoms with Crippen molar-refractivity contribution < 1.29 is 19.4 Å². The zero-order chi connectivity index (χ0) is 15.0. The Labute approximate surface area is 119 Å². The Morgan fingerprint density at radius 1 is 1.35 bits per heavy atom. The van der Waals surface area contributed by atoms with E-state index < -0.39 is 5.97 Å². The van der Waals surface area contributed by atoms with Crippen LogP contribution in [-0.2, 0) is 14.3 Å². The molecule has 1 amide bonds. The second-order valence-corrected chi connectivity index (χ2v) is 4.70. The largest absolute Gasteiger partial charge is 0.481 e. The second kappa shape index (κ2) is 8.50. The van der Waals surface area contributed by atoms with E-state index in [1.54, 1.807) is 17.1 Å². The van der Waals surface area contributed by atoms with E-state index in [0.29, 0.717) is 32.8 Å². The summed E-state index contributed by atoms with van der Waals surface area (Å²) in [4.78, 5) is 26.4. The summed E-state index contributed by atoms with van der Waals surface area (Å²) >= 11 is 0. The molecule has 1 unspecified atom stereocenters. The number of aliphatic carboxylic acids is 1. The fraction of sp³-hybridized carbons (Fsp3) is 0.571. The third-order valence-electron chi connectivity index (χ3n) is 3.04. The van der Waals surface area contributed by atoms with Gasteiger partial charge in [-0.3, -0.25) is 14.5 Å². The van der Waals surface area contributed by atoms with Crippen LogP contribution < -0.4 is 0 Å². The maximum Gasteiger partial charge on any atom is 0.306 e. The standard InChI is InChI=1S/C14H22N2O4/c1-3-5-16(6-4-2)13(17)11-15-7-8-20-12(10-15)9-14(18)19/h3-4,12H,1-2,5-11H2,(H,18,19). The number of hydrogen-bond acceptors (Lipinski definition) is 4. The predicted molar refractivity (Wildman–Crippen MR) is 75.4 cm³/mol. The van der Waals surface area contributed by atoms with Gasteiger partial charge in [0.05, 0.1) is 25.7 Å². The van der Waals surface area contributed by atoms with Crippen LogP contribution in [0.5, 0.6) is 0 Å². The van der Waals surface area contributed by atoms with E-state index in [-0.39, 0.29) is 25.0 Å². The molecule has 0 aromatic heterocycles. The van der Waals surface area contributed by atoms with Crippen LogP contribution in [0.25, 0.3) is 0 Å². The van der Waals surface area contributed by atoms with Gasteiger partial charge < -0.3 is 14.7 Å². The lowest BCUT2D eigenvalue weighted by atomic mass is 10.2. The summed E-state index contributed by atoms with van der Waals surface area (Å²) in [5.41, 5.74) is 0. The fourth-order valence-corrected chi connectivity index (χ4v) is 2.12. The second-order valence-electron chi connectivity index (χ2n) is 4.70. The molecular weight excluding hydrogens is 260 g/mol. The number of morpholine rings is 1. The summed E-state index contributed by atoms with van der Waals surface area (Å²) in [6.07, 6.45) is 2.97. The van der Waals surface area contributed by atoms with Crippen LogP contribution in [-0.4, -0.2) is 72.2 Å². The third-order valence-corrected chi connectivity index (χ3v) is 3.04. The number of amides is 1. The molecule has 1 heterocycles. The van der Waals surface area contributed by atoms with Crippen molar-refractivity contribution in [2.24, 2.45) is 0 Å². The van der Waals surface area contributed by atoms with Crippen molar-refractivity contribution in [2.75, 3.05) is 39.3 Å². The minimum Gasteiger partial charge on any atom is -0.481 e. The molecule has 112 valence electrons. The van der Waals surface area contributed by atoms with E-state index in [2.05, 4.69) is 13.2 Å². The van der Waals surface area contributed by atoms with Gasteiger partial charge in [-0.15, -0.1) is 13.2 Å². The van der Waals surface area contributed by atoms with Gasteiger partial charge in [-0.05, 0) is 0 Å². The lowest BCUT2D eigenvalue weighted by Gasteiger charge is -2.33. The van der Waals surface area contributed by atoms with Gasteiger partial charge in [0.2, 0.25) is 5.91 Å². The summed E-state index contributed by atoms with van der Waals surface area (Å²) in [7, 11) is 0. The van der Waals surface area contributed by atoms with Crippen molar-refractivity contribution in [2.45, 2.75) is 12.5 Å². The molecule has 0 aromatic carbocycles. The first-order chi connectivity index (χ1) is 9.56. The molecule has 20 heavy (non-hydrogen) atoms. The monoisotopic (exact) mass is 282 g/mol. The van der Waals surface area contributed by atoms with Gasteiger partial charge in [-0.1, -0.05) is 12.2 Å². The highest BCUT2D eigenvalue weighted by Gasteiger charge is 2.25. The van der Waals surface area contributed by atoms with Gasteiger partial charge in [-0.25, -0.2) is 0 Å². The van der Waals surface area contributed by atoms with E-state index in [1.165, 1.54) is 0 Å². The maximum atomic E-state index is 12.2. The molecule has 0 bridgehead atoms. The molecule has 1 aliphatic heterocycles. The summed E-state index contributed by atoms with van der Waals surface area (Å²) in [5.74, 6) is -0.899. The van der Waals surface area contributed by atoms with Gasteiger partial charge in [-0.2, -0.15) is 0 Å². The van der Waals surface area contributed by atoms with Crippen molar-refractivity contribution in [3.63, 3.8) is 0 Å². The van der Waals surface area contributed by atoms with E-state index in [9.17, 15) is 9.59 Å². The van der Waals surface area contributed by atoms with Crippen LogP contribution in [0.3, 0.4) is 0 Å². The molecule has 1 aliphatic rings. The first-order valence-corrected chi connectivity index (χ1v) is 6.62. The molecule has 0 radical (unpaired) electrons. The number of carbonyl (C=O) groups excluding carboxylic acids is 1. The number of carbonyl (C=O) groups is 2. The van der Waals surface area contributed by atoms with Crippen LogP contribution in [0.1, 0.15) is 6.42 Å². The van der Waals surface area contributed by atoms with Crippen molar-refractivity contribution in [1.82, 2.24) is 9.80 Å². The Morgan fingerprint density at radius 3 is 2.55 bits per heavy atom. The van der Waals surface area contributed by atoms with Crippen LogP contribution in [0.15, 0.2) is 25.3 Å². The average molecular weight is 282 g/mol. The van der Waals surface area contributed by atoms with Gasteiger partial charge >= 0.3 is 5.97 Å². The van der Waals surface area contributed by atoms with Gasteiger partial charge in [0.1, 0.15) is 0 Å². The average Bonchev–Trinajstić information content (AvgIpc) is 2.38. The number of carboxylic acids is 1. The predicted octanol–water partition coefficient (Wildman–Crippen LogP) is 0.363. The summed E-state index contributed by atoms with van der Waals surface area (Å²) in [6, 6.07) is 0. The Hall–Kier alpha value is -1.66. The Morgan fingerprint density at radius 2 is 2.00 bits per heavy atom. The van der Waals surface area contributed by atoms with Crippen LogP contribution in [0.4, 0.5) is 0 Å². The minimum absolute atomic E-state index is 0.0132. The van der Waals surface area contributed by atoms with Crippen LogP contribution in [0.2, 0.25) is 0 Å².